The first-order valence-electron chi connectivity index (χ1n) is 12.0. The summed E-state index contributed by atoms with van der Waals surface area (Å²) in [4.78, 5) is 30.3. The van der Waals surface area contributed by atoms with E-state index in [-0.39, 0.29) is 17.9 Å². The maximum atomic E-state index is 13.8. The standard InChI is InChI=1S/C29H30N2O3/c32-27(26(24-13-6-2-7-14-24)25-15-8-3-9-16-25)30-19-10-17-29(18-20-30)22-31(28(33)34-29)21-23-11-4-1-5-12-23/h1-9,11-16,26H,10,17-22H2. The molecule has 1 spiro atoms. The summed E-state index contributed by atoms with van der Waals surface area (Å²) in [6.45, 7) is 2.38. The van der Waals surface area contributed by atoms with Gasteiger partial charge in [0.05, 0.1) is 12.5 Å². The van der Waals surface area contributed by atoms with E-state index in [9.17, 15) is 9.59 Å². The number of hydrogen-bond acceptors (Lipinski definition) is 3. The van der Waals surface area contributed by atoms with Gasteiger partial charge in [0.1, 0.15) is 5.60 Å². The number of rotatable bonds is 5. The first kappa shape index (κ1) is 22.2. The number of amides is 2. The Kier molecular flexibility index (Phi) is 6.35. The van der Waals surface area contributed by atoms with E-state index >= 15 is 0 Å². The summed E-state index contributed by atoms with van der Waals surface area (Å²) in [5.41, 5.74) is 2.57. The predicted molar refractivity (Wildman–Crippen MR) is 131 cm³/mol. The predicted octanol–water partition coefficient (Wildman–Crippen LogP) is 5.22. The highest BCUT2D eigenvalue weighted by molar-refractivity contribution is 5.87. The Labute approximate surface area is 201 Å². The minimum absolute atomic E-state index is 0.111. The van der Waals surface area contributed by atoms with Crippen LogP contribution in [0.2, 0.25) is 0 Å². The molecule has 3 aromatic rings. The van der Waals surface area contributed by atoms with E-state index in [1.165, 1.54) is 0 Å². The second-order valence-electron chi connectivity index (χ2n) is 9.33. The lowest BCUT2D eigenvalue weighted by Crippen LogP contribution is -2.39. The Bertz CT molecular complexity index is 1080. The SMILES string of the molecule is O=C1OC2(CCCN(C(=O)C(c3ccccc3)c3ccccc3)CC2)CN1Cc1ccccc1. The van der Waals surface area contributed by atoms with Gasteiger partial charge < -0.3 is 9.64 Å². The summed E-state index contributed by atoms with van der Waals surface area (Å²) in [5, 5.41) is 0. The fourth-order valence-corrected chi connectivity index (χ4v) is 5.22. The number of carbonyl (C=O) groups excluding carboxylic acids is 2. The Morgan fingerprint density at radius 3 is 2.03 bits per heavy atom. The van der Waals surface area contributed by atoms with Crippen LogP contribution in [0.25, 0.3) is 0 Å². The van der Waals surface area contributed by atoms with E-state index in [4.69, 9.17) is 4.74 Å². The number of nitrogens with zero attached hydrogens (tertiary/aromatic N) is 2. The molecule has 2 heterocycles. The Morgan fingerprint density at radius 1 is 0.824 bits per heavy atom. The molecule has 0 aliphatic carbocycles. The van der Waals surface area contributed by atoms with Gasteiger partial charge in [-0.15, -0.1) is 0 Å². The summed E-state index contributed by atoms with van der Waals surface area (Å²) >= 11 is 0. The van der Waals surface area contributed by atoms with Crippen LogP contribution in [-0.2, 0) is 16.1 Å². The molecule has 174 valence electrons. The van der Waals surface area contributed by atoms with Gasteiger partial charge in [-0.25, -0.2) is 4.79 Å². The van der Waals surface area contributed by atoms with Gasteiger partial charge in [-0.2, -0.15) is 0 Å². The molecule has 2 fully saturated rings. The molecule has 2 aliphatic rings. The number of benzene rings is 3. The van der Waals surface area contributed by atoms with Crippen LogP contribution in [0.5, 0.6) is 0 Å². The third kappa shape index (κ3) is 4.69. The van der Waals surface area contributed by atoms with E-state index in [2.05, 4.69) is 0 Å². The highest BCUT2D eigenvalue weighted by atomic mass is 16.6. The molecule has 3 aromatic carbocycles. The van der Waals surface area contributed by atoms with E-state index in [1.54, 1.807) is 4.90 Å². The normalized spacial score (nSPS) is 20.4. The van der Waals surface area contributed by atoms with Crippen molar-refractivity contribution in [2.24, 2.45) is 0 Å². The number of hydrogen-bond donors (Lipinski definition) is 0. The fourth-order valence-electron chi connectivity index (χ4n) is 5.22. The van der Waals surface area contributed by atoms with Crippen LogP contribution in [0.4, 0.5) is 4.79 Å². The highest BCUT2D eigenvalue weighted by Crippen LogP contribution is 2.35. The molecule has 2 saturated heterocycles. The topological polar surface area (TPSA) is 49.9 Å². The van der Waals surface area contributed by atoms with Crippen molar-refractivity contribution in [3.63, 3.8) is 0 Å². The van der Waals surface area contributed by atoms with Gasteiger partial charge in [-0.3, -0.25) is 9.69 Å². The largest absolute Gasteiger partial charge is 0.441 e. The average Bonchev–Trinajstić information content (AvgIpc) is 3.03. The smallest absolute Gasteiger partial charge is 0.410 e. The van der Waals surface area contributed by atoms with Crippen LogP contribution in [-0.4, -0.2) is 47.0 Å². The van der Waals surface area contributed by atoms with E-state index in [0.717, 1.165) is 29.5 Å². The van der Waals surface area contributed by atoms with Crippen molar-refractivity contribution in [1.29, 1.82) is 0 Å². The highest BCUT2D eigenvalue weighted by Gasteiger charge is 2.46. The van der Waals surface area contributed by atoms with Crippen LogP contribution in [0.3, 0.4) is 0 Å². The lowest BCUT2D eigenvalue weighted by Gasteiger charge is -2.28. The van der Waals surface area contributed by atoms with E-state index < -0.39 is 5.60 Å². The molecule has 0 saturated carbocycles. The zero-order valence-corrected chi connectivity index (χ0v) is 19.3. The van der Waals surface area contributed by atoms with Crippen LogP contribution < -0.4 is 0 Å². The molecule has 0 radical (unpaired) electrons. The Hall–Kier alpha value is -3.60. The van der Waals surface area contributed by atoms with Gasteiger partial charge in [-0.1, -0.05) is 91.0 Å². The molecule has 0 aromatic heterocycles. The average molecular weight is 455 g/mol. The summed E-state index contributed by atoms with van der Waals surface area (Å²) in [7, 11) is 0. The molecular weight excluding hydrogens is 424 g/mol. The lowest BCUT2D eigenvalue weighted by atomic mass is 9.90. The summed E-state index contributed by atoms with van der Waals surface area (Å²) in [6, 6.07) is 30.0. The van der Waals surface area contributed by atoms with Crippen LogP contribution in [0.15, 0.2) is 91.0 Å². The molecule has 0 N–H and O–H groups in total. The molecule has 1 unspecified atom stereocenters. The molecule has 2 aliphatic heterocycles. The van der Waals surface area contributed by atoms with Crippen molar-refractivity contribution in [2.75, 3.05) is 19.6 Å². The zero-order chi connectivity index (χ0) is 23.4. The molecule has 34 heavy (non-hydrogen) atoms. The minimum Gasteiger partial charge on any atom is -0.441 e. The molecular formula is C29H30N2O3. The van der Waals surface area contributed by atoms with Crippen molar-refractivity contribution in [1.82, 2.24) is 9.80 Å². The maximum Gasteiger partial charge on any atom is 0.410 e. The number of ether oxygens (including phenoxy) is 1. The van der Waals surface area contributed by atoms with Crippen molar-refractivity contribution in [3.8, 4) is 0 Å². The van der Waals surface area contributed by atoms with Gasteiger partial charge in [0.25, 0.3) is 0 Å². The zero-order valence-electron chi connectivity index (χ0n) is 19.3. The van der Waals surface area contributed by atoms with E-state index in [0.29, 0.717) is 32.6 Å². The quantitative estimate of drug-likeness (QED) is 0.531. The summed E-state index contributed by atoms with van der Waals surface area (Å²) in [6.07, 6.45) is 1.99. The first-order chi connectivity index (χ1) is 16.6. The van der Waals surface area contributed by atoms with Gasteiger partial charge >= 0.3 is 6.09 Å². The van der Waals surface area contributed by atoms with Crippen LogP contribution in [0.1, 0.15) is 41.9 Å². The van der Waals surface area contributed by atoms with E-state index in [1.807, 2.05) is 95.9 Å². The molecule has 2 amide bonds. The number of carbonyl (C=O) groups is 2. The molecule has 0 bridgehead atoms. The van der Waals surface area contributed by atoms with Crippen molar-refractivity contribution < 1.29 is 14.3 Å². The van der Waals surface area contributed by atoms with Gasteiger partial charge in [-0.05, 0) is 29.5 Å². The van der Waals surface area contributed by atoms with Crippen molar-refractivity contribution in [3.05, 3.63) is 108 Å². The maximum absolute atomic E-state index is 13.8. The fraction of sp³-hybridized carbons (Fsp3) is 0.310. The molecule has 5 heteroatoms. The second kappa shape index (κ2) is 9.72. The third-order valence-electron chi connectivity index (χ3n) is 6.98. The van der Waals surface area contributed by atoms with Gasteiger partial charge in [0.15, 0.2) is 0 Å². The third-order valence-corrected chi connectivity index (χ3v) is 6.98. The van der Waals surface area contributed by atoms with Crippen molar-refractivity contribution >= 4 is 12.0 Å². The van der Waals surface area contributed by atoms with Crippen LogP contribution >= 0.6 is 0 Å². The molecule has 1 atom stereocenters. The summed E-state index contributed by atoms with van der Waals surface area (Å²) in [5.74, 6) is -0.225. The minimum atomic E-state index is -0.518. The second-order valence-corrected chi connectivity index (χ2v) is 9.33. The van der Waals surface area contributed by atoms with Crippen LogP contribution in [0, 0.1) is 0 Å². The Morgan fingerprint density at radius 2 is 1.41 bits per heavy atom. The van der Waals surface area contributed by atoms with Gasteiger partial charge in [0.2, 0.25) is 5.91 Å². The summed E-state index contributed by atoms with van der Waals surface area (Å²) < 4.78 is 5.96. The number of likely N-dealkylation sites (tertiary alicyclic amines) is 1. The monoisotopic (exact) mass is 454 g/mol. The van der Waals surface area contributed by atoms with Crippen molar-refractivity contribution in [2.45, 2.75) is 37.3 Å². The van der Waals surface area contributed by atoms with Gasteiger partial charge in [0, 0.05) is 26.1 Å². The molecule has 5 nitrogen and oxygen atoms in total. The molecule has 5 rings (SSSR count). The lowest BCUT2D eigenvalue weighted by molar-refractivity contribution is -0.131. The Balaban J connectivity index is 1.31. The first-order valence-corrected chi connectivity index (χ1v) is 12.0.